The molecule has 0 aliphatic heterocycles. The van der Waals surface area contributed by atoms with Crippen LogP contribution in [0.5, 0.6) is 0 Å². The second-order valence-electron chi connectivity index (χ2n) is 5.21. The van der Waals surface area contributed by atoms with Crippen LogP contribution in [0.4, 0.5) is 0 Å². The van der Waals surface area contributed by atoms with Crippen LogP contribution in [-0.2, 0) is 0 Å². The fourth-order valence-electron chi connectivity index (χ4n) is 1.82. The van der Waals surface area contributed by atoms with Crippen LogP contribution in [-0.4, -0.2) is 0 Å². The molecule has 0 aliphatic carbocycles. The van der Waals surface area contributed by atoms with Gasteiger partial charge in [-0.15, -0.1) is 0 Å². The Bertz CT molecular complexity index is 113. The molecule has 0 bridgehead atoms. The number of hydrogen-bond acceptors (Lipinski definition) is 0. The summed E-state index contributed by atoms with van der Waals surface area (Å²) in [6, 6.07) is 0. The van der Waals surface area contributed by atoms with Crippen molar-refractivity contribution in [2.75, 3.05) is 0 Å². The first-order valence-corrected chi connectivity index (χ1v) is 5.99. The van der Waals surface area contributed by atoms with Crippen LogP contribution in [0.1, 0.15) is 60.8 Å². The van der Waals surface area contributed by atoms with E-state index in [1.165, 1.54) is 19.3 Å². The average molecular weight is 184 g/mol. The van der Waals surface area contributed by atoms with Crippen molar-refractivity contribution >= 4 is 0 Å². The van der Waals surface area contributed by atoms with Gasteiger partial charge in [-0.2, -0.15) is 0 Å². The third-order valence-electron chi connectivity index (χ3n) is 3.60. The first-order valence-electron chi connectivity index (χ1n) is 5.99. The van der Waals surface area contributed by atoms with Gasteiger partial charge in [0, 0.05) is 0 Å². The van der Waals surface area contributed by atoms with E-state index in [4.69, 9.17) is 0 Å². The molecule has 0 heterocycles. The van der Waals surface area contributed by atoms with E-state index < -0.39 is 0 Å². The van der Waals surface area contributed by atoms with Gasteiger partial charge in [-0.25, -0.2) is 0 Å². The van der Waals surface area contributed by atoms with Gasteiger partial charge in [-0.05, 0) is 30.1 Å². The molecule has 0 radical (unpaired) electrons. The summed E-state index contributed by atoms with van der Waals surface area (Å²) in [6.07, 6.45) is 4.18. The third kappa shape index (κ3) is 5.33. The molecule has 0 aromatic heterocycles. The zero-order chi connectivity index (χ0) is 10.4. The van der Waals surface area contributed by atoms with Gasteiger partial charge >= 0.3 is 0 Å². The van der Waals surface area contributed by atoms with E-state index in [0.29, 0.717) is 0 Å². The van der Waals surface area contributed by atoms with E-state index >= 15 is 0 Å². The third-order valence-corrected chi connectivity index (χ3v) is 3.60. The fourth-order valence-corrected chi connectivity index (χ4v) is 1.82. The first kappa shape index (κ1) is 13.0. The minimum absolute atomic E-state index is 0.852. The maximum Gasteiger partial charge on any atom is -0.0394 e. The summed E-state index contributed by atoms with van der Waals surface area (Å²) in [7, 11) is 0. The Morgan fingerprint density at radius 3 is 1.62 bits per heavy atom. The van der Waals surface area contributed by atoms with Gasteiger partial charge in [0.15, 0.2) is 0 Å². The molecule has 80 valence electrons. The summed E-state index contributed by atoms with van der Waals surface area (Å²) < 4.78 is 0. The van der Waals surface area contributed by atoms with Gasteiger partial charge in [0.1, 0.15) is 0 Å². The monoisotopic (exact) mass is 184 g/mol. The highest BCUT2D eigenvalue weighted by Crippen LogP contribution is 2.25. The molecule has 0 nitrogen and oxygen atoms in total. The minimum atomic E-state index is 0.852. The predicted octanol–water partition coefficient (Wildman–Crippen LogP) is 4.74. The molecule has 13 heavy (non-hydrogen) atoms. The van der Waals surface area contributed by atoms with Gasteiger partial charge in [0.05, 0.1) is 0 Å². The van der Waals surface area contributed by atoms with E-state index in [1.807, 2.05) is 0 Å². The Morgan fingerprint density at radius 2 is 1.31 bits per heavy atom. The zero-order valence-electron chi connectivity index (χ0n) is 10.4. The second-order valence-corrected chi connectivity index (χ2v) is 5.21. The van der Waals surface area contributed by atoms with Crippen LogP contribution in [0.25, 0.3) is 0 Å². The Morgan fingerprint density at radius 1 is 0.769 bits per heavy atom. The van der Waals surface area contributed by atoms with Crippen molar-refractivity contribution in [2.45, 2.75) is 60.8 Å². The quantitative estimate of drug-likeness (QED) is 0.559. The SMILES string of the molecule is CCC(CCC(C)C(C)C)C(C)C. The molecule has 0 amide bonds. The fraction of sp³-hybridized carbons (Fsp3) is 1.00. The van der Waals surface area contributed by atoms with Gasteiger partial charge in [-0.1, -0.05) is 54.4 Å². The predicted molar refractivity (Wildman–Crippen MR) is 61.9 cm³/mol. The molecule has 2 unspecified atom stereocenters. The summed E-state index contributed by atoms with van der Waals surface area (Å²) in [5, 5.41) is 0. The second kappa shape index (κ2) is 6.45. The van der Waals surface area contributed by atoms with Crippen molar-refractivity contribution in [1.82, 2.24) is 0 Å². The largest absolute Gasteiger partial charge is 0.0651 e. The van der Waals surface area contributed by atoms with Crippen molar-refractivity contribution in [3.05, 3.63) is 0 Å². The van der Waals surface area contributed by atoms with Crippen LogP contribution in [0.15, 0.2) is 0 Å². The molecule has 0 spiro atoms. The maximum atomic E-state index is 2.39. The van der Waals surface area contributed by atoms with E-state index in [0.717, 1.165) is 23.7 Å². The summed E-state index contributed by atoms with van der Waals surface area (Å²) in [5.74, 6) is 3.56. The Kier molecular flexibility index (Phi) is 6.45. The summed E-state index contributed by atoms with van der Waals surface area (Å²) in [4.78, 5) is 0. The number of rotatable bonds is 6. The normalized spacial score (nSPS) is 16.6. The van der Waals surface area contributed by atoms with Crippen LogP contribution >= 0.6 is 0 Å². The van der Waals surface area contributed by atoms with Crippen LogP contribution in [0, 0.1) is 23.7 Å². The average Bonchev–Trinajstić information content (AvgIpc) is 2.04. The molecule has 0 aromatic carbocycles. The molecule has 0 aliphatic rings. The van der Waals surface area contributed by atoms with Crippen LogP contribution in [0.3, 0.4) is 0 Å². The van der Waals surface area contributed by atoms with Gasteiger partial charge < -0.3 is 0 Å². The lowest BCUT2D eigenvalue weighted by Gasteiger charge is -2.22. The Labute approximate surface area is 85.1 Å². The topological polar surface area (TPSA) is 0 Å². The zero-order valence-corrected chi connectivity index (χ0v) is 10.4. The molecule has 0 saturated heterocycles. The van der Waals surface area contributed by atoms with Gasteiger partial charge in [-0.3, -0.25) is 0 Å². The lowest BCUT2D eigenvalue weighted by Crippen LogP contribution is -2.11. The van der Waals surface area contributed by atoms with E-state index in [9.17, 15) is 0 Å². The van der Waals surface area contributed by atoms with Crippen molar-refractivity contribution in [3.63, 3.8) is 0 Å². The lowest BCUT2D eigenvalue weighted by molar-refractivity contribution is 0.290. The molecule has 0 aromatic rings. The van der Waals surface area contributed by atoms with Crippen molar-refractivity contribution in [3.8, 4) is 0 Å². The van der Waals surface area contributed by atoms with E-state index in [-0.39, 0.29) is 0 Å². The van der Waals surface area contributed by atoms with Crippen molar-refractivity contribution in [2.24, 2.45) is 23.7 Å². The number of hydrogen-bond donors (Lipinski definition) is 0. The van der Waals surface area contributed by atoms with Gasteiger partial charge in [0.25, 0.3) is 0 Å². The van der Waals surface area contributed by atoms with E-state index in [1.54, 1.807) is 0 Å². The highest BCUT2D eigenvalue weighted by atomic mass is 14.2. The highest BCUT2D eigenvalue weighted by Gasteiger charge is 2.14. The first-order chi connectivity index (χ1) is 5.99. The van der Waals surface area contributed by atoms with Gasteiger partial charge in [0.2, 0.25) is 0 Å². The summed E-state index contributed by atoms with van der Waals surface area (Å²) in [5.41, 5.74) is 0. The van der Waals surface area contributed by atoms with E-state index in [2.05, 4.69) is 41.5 Å². The molecular formula is C13H28. The Hall–Kier alpha value is 0. The molecule has 0 fully saturated rings. The van der Waals surface area contributed by atoms with Crippen LogP contribution in [0.2, 0.25) is 0 Å². The molecular weight excluding hydrogens is 156 g/mol. The lowest BCUT2D eigenvalue weighted by atomic mass is 9.84. The van der Waals surface area contributed by atoms with Crippen molar-refractivity contribution in [1.29, 1.82) is 0 Å². The molecule has 0 rings (SSSR count). The van der Waals surface area contributed by atoms with Crippen molar-refractivity contribution < 1.29 is 0 Å². The molecule has 2 atom stereocenters. The summed E-state index contributed by atoms with van der Waals surface area (Å²) >= 11 is 0. The molecule has 0 heteroatoms. The minimum Gasteiger partial charge on any atom is -0.0651 e. The maximum absolute atomic E-state index is 2.39. The highest BCUT2D eigenvalue weighted by molar-refractivity contribution is 4.65. The summed E-state index contributed by atoms with van der Waals surface area (Å²) in [6.45, 7) is 14.1. The van der Waals surface area contributed by atoms with Crippen LogP contribution < -0.4 is 0 Å². The molecule has 0 saturated carbocycles. The Balaban J connectivity index is 3.72. The molecule has 0 N–H and O–H groups in total. The standard InChI is InChI=1S/C13H28/c1-7-13(11(4)5)9-8-12(6)10(2)3/h10-13H,7-9H2,1-6H3. The smallest absolute Gasteiger partial charge is 0.0394 e.